The number of hydrogen-bond acceptors (Lipinski definition) is 4. The summed E-state index contributed by atoms with van der Waals surface area (Å²) in [6.07, 6.45) is 4.04. The Morgan fingerprint density at radius 1 is 0.966 bits per heavy atom. The van der Waals surface area contributed by atoms with E-state index in [1.165, 1.54) is 11.3 Å². The maximum Gasteiger partial charge on any atom is 0.261 e. The Bertz CT molecular complexity index is 928. The van der Waals surface area contributed by atoms with Crippen LogP contribution in [0.4, 0.5) is 5.69 Å². The van der Waals surface area contributed by atoms with Crippen LogP contribution in [0.1, 0.15) is 52.1 Å². The van der Waals surface area contributed by atoms with Crippen LogP contribution < -0.4 is 15.5 Å². The molecule has 3 amide bonds. The summed E-state index contributed by atoms with van der Waals surface area (Å²) in [5, 5.41) is 6.07. The first-order chi connectivity index (χ1) is 14.0. The molecule has 2 aliphatic rings. The molecule has 4 rings (SSSR count). The molecule has 1 saturated carbocycles. The molecule has 1 saturated heterocycles. The highest BCUT2D eigenvalue weighted by Crippen LogP contribution is 2.25. The number of nitrogens with zero attached hydrogens (tertiary/aromatic N) is 1. The second-order valence-corrected chi connectivity index (χ2v) is 9.11. The zero-order chi connectivity index (χ0) is 20.4. The number of carbonyl (C=O) groups is 3. The van der Waals surface area contributed by atoms with Crippen LogP contribution in [0.5, 0.6) is 0 Å². The topological polar surface area (TPSA) is 78.5 Å². The van der Waals surface area contributed by atoms with Gasteiger partial charge >= 0.3 is 0 Å². The SMILES string of the molecule is O=C(N[C@H]1CCC[C@H]1NC(=O)c1ccc(Cl)s1)c1ccc(N2CCCC2=O)cc1. The van der Waals surface area contributed by atoms with Crippen LogP contribution in [0, 0.1) is 0 Å². The van der Waals surface area contributed by atoms with Gasteiger partial charge in [0.25, 0.3) is 11.8 Å². The molecule has 152 valence electrons. The van der Waals surface area contributed by atoms with Crippen molar-refractivity contribution in [1.29, 1.82) is 0 Å². The average molecular weight is 432 g/mol. The molecule has 29 heavy (non-hydrogen) atoms. The minimum absolute atomic E-state index is 0.103. The number of rotatable bonds is 5. The molecule has 2 heterocycles. The zero-order valence-electron chi connectivity index (χ0n) is 15.8. The van der Waals surface area contributed by atoms with Crippen molar-refractivity contribution in [2.24, 2.45) is 0 Å². The summed E-state index contributed by atoms with van der Waals surface area (Å²) in [4.78, 5) is 39.3. The number of benzene rings is 1. The van der Waals surface area contributed by atoms with Crippen molar-refractivity contribution in [2.45, 2.75) is 44.2 Å². The van der Waals surface area contributed by atoms with Gasteiger partial charge in [0.05, 0.1) is 9.21 Å². The molecule has 8 heteroatoms. The first-order valence-corrected chi connectivity index (χ1v) is 11.0. The molecule has 1 aromatic heterocycles. The van der Waals surface area contributed by atoms with E-state index in [4.69, 9.17) is 11.6 Å². The van der Waals surface area contributed by atoms with E-state index < -0.39 is 0 Å². The molecule has 1 aliphatic carbocycles. The largest absolute Gasteiger partial charge is 0.347 e. The summed E-state index contributed by atoms with van der Waals surface area (Å²) in [5.74, 6) is -0.207. The van der Waals surface area contributed by atoms with Gasteiger partial charge in [0.1, 0.15) is 0 Å². The van der Waals surface area contributed by atoms with Crippen LogP contribution in [0.3, 0.4) is 0 Å². The lowest BCUT2D eigenvalue weighted by Crippen LogP contribution is -2.48. The fourth-order valence-corrected chi connectivity index (χ4v) is 4.89. The van der Waals surface area contributed by atoms with Crippen molar-refractivity contribution in [3.63, 3.8) is 0 Å². The van der Waals surface area contributed by atoms with Gasteiger partial charge in [0, 0.05) is 36.3 Å². The van der Waals surface area contributed by atoms with Crippen molar-refractivity contribution < 1.29 is 14.4 Å². The number of carbonyl (C=O) groups excluding carboxylic acids is 3. The van der Waals surface area contributed by atoms with Gasteiger partial charge in [-0.15, -0.1) is 11.3 Å². The zero-order valence-corrected chi connectivity index (χ0v) is 17.4. The van der Waals surface area contributed by atoms with E-state index in [-0.39, 0.29) is 29.8 Å². The summed E-state index contributed by atoms with van der Waals surface area (Å²) in [7, 11) is 0. The molecule has 0 spiro atoms. The number of nitrogens with one attached hydrogen (secondary N) is 2. The van der Waals surface area contributed by atoms with Gasteiger partial charge in [-0.05, 0) is 62.1 Å². The number of thiophene rings is 1. The second-order valence-electron chi connectivity index (χ2n) is 7.39. The van der Waals surface area contributed by atoms with E-state index in [2.05, 4.69) is 10.6 Å². The highest BCUT2D eigenvalue weighted by molar-refractivity contribution is 7.18. The molecule has 2 atom stereocenters. The molecule has 2 fully saturated rings. The van der Waals surface area contributed by atoms with Crippen LogP contribution in [0.2, 0.25) is 4.34 Å². The number of hydrogen-bond donors (Lipinski definition) is 2. The molecular weight excluding hydrogens is 410 g/mol. The van der Waals surface area contributed by atoms with Gasteiger partial charge < -0.3 is 15.5 Å². The smallest absolute Gasteiger partial charge is 0.261 e. The van der Waals surface area contributed by atoms with E-state index in [1.807, 2.05) is 12.1 Å². The van der Waals surface area contributed by atoms with Gasteiger partial charge in [-0.25, -0.2) is 0 Å². The highest BCUT2D eigenvalue weighted by atomic mass is 35.5. The minimum Gasteiger partial charge on any atom is -0.347 e. The van der Waals surface area contributed by atoms with Crippen molar-refractivity contribution in [3.8, 4) is 0 Å². The number of amides is 3. The predicted molar refractivity (Wildman–Crippen MR) is 114 cm³/mol. The Hall–Kier alpha value is -2.38. The van der Waals surface area contributed by atoms with Crippen LogP contribution in [0.25, 0.3) is 0 Å². The number of halogens is 1. The van der Waals surface area contributed by atoms with E-state index in [9.17, 15) is 14.4 Å². The van der Waals surface area contributed by atoms with Gasteiger partial charge in [-0.3, -0.25) is 14.4 Å². The third-order valence-electron chi connectivity index (χ3n) is 5.46. The van der Waals surface area contributed by atoms with E-state index in [0.29, 0.717) is 21.2 Å². The lowest BCUT2D eigenvalue weighted by molar-refractivity contribution is -0.117. The quantitative estimate of drug-likeness (QED) is 0.759. The fourth-order valence-electron chi connectivity index (χ4n) is 3.95. The van der Waals surface area contributed by atoms with Crippen molar-refractivity contribution in [3.05, 3.63) is 51.2 Å². The van der Waals surface area contributed by atoms with E-state index in [1.54, 1.807) is 29.2 Å². The summed E-state index contributed by atoms with van der Waals surface area (Å²) in [5.41, 5.74) is 1.37. The maximum atomic E-state index is 12.7. The van der Waals surface area contributed by atoms with Crippen LogP contribution >= 0.6 is 22.9 Å². The lowest BCUT2D eigenvalue weighted by Gasteiger charge is -2.22. The average Bonchev–Trinajstić information content (AvgIpc) is 3.44. The molecule has 1 aliphatic heterocycles. The molecule has 0 bridgehead atoms. The lowest BCUT2D eigenvalue weighted by atomic mass is 10.1. The first kappa shape index (κ1) is 19.9. The Balaban J connectivity index is 1.37. The van der Waals surface area contributed by atoms with E-state index in [0.717, 1.165) is 37.9 Å². The van der Waals surface area contributed by atoms with Crippen LogP contribution in [0.15, 0.2) is 36.4 Å². The Morgan fingerprint density at radius 2 is 1.66 bits per heavy atom. The standard InChI is InChI=1S/C21H22ClN3O3S/c22-18-11-10-17(29-18)21(28)24-16-4-1-3-15(16)23-20(27)13-6-8-14(9-7-13)25-12-2-5-19(25)26/h6-11,15-16H,1-5,12H2,(H,23,27)(H,24,28)/t15-,16+/m0/s1. The molecule has 6 nitrogen and oxygen atoms in total. The molecule has 0 unspecified atom stereocenters. The third kappa shape index (κ3) is 4.46. The first-order valence-electron chi connectivity index (χ1n) is 9.79. The molecule has 2 aromatic rings. The third-order valence-corrected chi connectivity index (χ3v) is 6.69. The Morgan fingerprint density at radius 3 is 2.24 bits per heavy atom. The van der Waals surface area contributed by atoms with Crippen molar-refractivity contribution >= 4 is 46.3 Å². The highest BCUT2D eigenvalue weighted by Gasteiger charge is 2.30. The number of anilines is 1. The summed E-state index contributed by atoms with van der Waals surface area (Å²) in [6.45, 7) is 0.725. The fraction of sp³-hybridized carbons (Fsp3) is 0.381. The van der Waals surface area contributed by atoms with Gasteiger partial charge in [-0.2, -0.15) is 0 Å². The van der Waals surface area contributed by atoms with Crippen molar-refractivity contribution in [1.82, 2.24) is 10.6 Å². The Kier molecular flexibility index (Phi) is 5.87. The monoisotopic (exact) mass is 431 g/mol. The second kappa shape index (κ2) is 8.55. The van der Waals surface area contributed by atoms with Gasteiger partial charge in [0.2, 0.25) is 5.91 Å². The Labute approximate surface area is 178 Å². The molecule has 0 radical (unpaired) electrons. The van der Waals surface area contributed by atoms with Crippen molar-refractivity contribution in [2.75, 3.05) is 11.4 Å². The molecule has 2 N–H and O–H groups in total. The maximum absolute atomic E-state index is 12.7. The summed E-state index contributed by atoms with van der Waals surface area (Å²) in [6, 6.07) is 10.3. The predicted octanol–water partition coefficient (Wildman–Crippen LogP) is 3.61. The van der Waals surface area contributed by atoms with E-state index >= 15 is 0 Å². The van der Waals surface area contributed by atoms with Gasteiger partial charge in [-0.1, -0.05) is 11.6 Å². The molecular formula is C21H22ClN3O3S. The van der Waals surface area contributed by atoms with Gasteiger partial charge in [0.15, 0.2) is 0 Å². The van der Waals surface area contributed by atoms with Crippen LogP contribution in [-0.2, 0) is 4.79 Å². The molecule has 1 aromatic carbocycles. The summed E-state index contributed by atoms with van der Waals surface area (Å²) < 4.78 is 0.575. The van der Waals surface area contributed by atoms with Crippen LogP contribution in [-0.4, -0.2) is 36.3 Å². The minimum atomic E-state index is -0.172. The summed E-state index contributed by atoms with van der Waals surface area (Å²) >= 11 is 7.15. The normalized spacial score (nSPS) is 21.4.